The van der Waals surface area contributed by atoms with Crippen LogP contribution in [-0.4, -0.2) is 35.5 Å². The minimum absolute atomic E-state index is 0.105. The van der Waals surface area contributed by atoms with Crippen LogP contribution >= 0.6 is 0 Å². The molecule has 1 aromatic rings. The molecule has 0 unspecified atom stereocenters. The van der Waals surface area contributed by atoms with Crippen LogP contribution in [0.25, 0.3) is 0 Å². The number of para-hydroxylation sites is 1. The molecule has 1 amide bonds. The molecule has 25 heavy (non-hydrogen) atoms. The summed E-state index contributed by atoms with van der Waals surface area (Å²) in [5.74, 6) is 0.307. The van der Waals surface area contributed by atoms with Gasteiger partial charge in [0.05, 0.1) is 12.0 Å². The fourth-order valence-corrected chi connectivity index (χ4v) is 5.29. The lowest BCUT2D eigenvalue weighted by atomic mass is 9.75. The van der Waals surface area contributed by atoms with Crippen LogP contribution in [0.15, 0.2) is 30.3 Å². The van der Waals surface area contributed by atoms with Gasteiger partial charge >= 0.3 is 0 Å². The third kappa shape index (κ3) is 3.48. The Kier molecular flexibility index (Phi) is 5.12. The van der Waals surface area contributed by atoms with Gasteiger partial charge in [-0.3, -0.25) is 4.79 Å². The average molecular weight is 341 g/mol. The Balaban J connectivity index is 1.39. The molecule has 2 heterocycles. The number of benzene rings is 1. The highest BCUT2D eigenvalue weighted by Gasteiger charge is 2.52. The second-order valence-electron chi connectivity index (χ2n) is 8.35. The van der Waals surface area contributed by atoms with E-state index in [1.165, 1.54) is 64.5 Å². The molecule has 2 aliphatic heterocycles. The first-order valence-corrected chi connectivity index (χ1v) is 10.4. The summed E-state index contributed by atoms with van der Waals surface area (Å²) in [6.45, 7) is 2.34. The minimum atomic E-state index is 0.105. The molecule has 1 aromatic carbocycles. The first-order chi connectivity index (χ1) is 12.3. The van der Waals surface area contributed by atoms with Crippen molar-refractivity contribution in [2.75, 3.05) is 18.0 Å². The van der Waals surface area contributed by atoms with Crippen molar-refractivity contribution in [2.24, 2.45) is 0 Å². The number of β-lactam (4-membered cyclic amide) rings is 1. The second-order valence-corrected chi connectivity index (χ2v) is 8.35. The maximum atomic E-state index is 12.3. The first-order valence-electron chi connectivity index (χ1n) is 10.4. The van der Waals surface area contributed by atoms with Crippen LogP contribution in [0, 0.1) is 0 Å². The van der Waals surface area contributed by atoms with Crippen LogP contribution < -0.4 is 4.90 Å². The summed E-state index contributed by atoms with van der Waals surface area (Å²) in [6.07, 6.45) is 14.3. The standard InChI is InChI=1S/C22H32N2O/c25-21-18-22(24(21)20-12-8-5-9-13-20)14-16-23(17-15-22)19-10-6-3-1-2-4-7-11-19/h5,8-9,12-13,19H,1-4,6-7,10-11,14-18H2. The maximum absolute atomic E-state index is 12.3. The van der Waals surface area contributed by atoms with Gasteiger partial charge < -0.3 is 9.80 Å². The number of hydrogen-bond donors (Lipinski definition) is 0. The summed E-state index contributed by atoms with van der Waals surface area (Å²) in [5.41, 5.74) is 1.20. The van der Waals surface area contributed by atoms with Gasteiger partial charge in [-0.2, -0.15) is 0 Å². The highest BCUT2D eigenvalue weighted by Crippen LogP contribution is 2.44. The van der Waals surface area contributed by atoms with Crippen LogP contribution in [0.4, 0.5) is 5.69 Å². The molecule has 0 radical (unpaired) electrons. The average Bonchev–Trinajstić information content (AvgIpc) is 2.77. The lowest BCUT2D eigenvalue weighted by molar-refractivity contribution is -0.129. The van der Waals surface area contributed by atoms with Gasteiger partial charge in [-0.1, -0.05) is 56.7 Å². The molecule has 0 aromatic heterocycles. The van der Waals surface area contributed by atoms with Gasteiger partial charge in [-0.05, 0) is 37.8 Å². The minimum Gasteiger partial charge on any atom is -0.306 e. The van der Waals surface area contributed by atoms with E-state index in [9.17, 15) is 4.79 Å². The Morgan fingerprint density at radius 1 is 0.840 bits per heavy atom. The number of carbonyl (C=O) groups excluding carboxylic acids is 1. The highest BCUT2D eigenvalue weighted by molar-refractivity contribution is 6.02. The van der Waals surface area contributed by atoms with E-state index in [2.05, 4.69) is 21.9 Å². The van der Waals surface area contributed by atoms with Gasteiger partial charge in [0.1, 0.15) is 0 Å². The first kappa shape index (κ1) is 17.1. The van der Waals surface area contributed by atoms with Crippen LogP contribution in [0.3, 0.4) is 0 Å². The molecule has 136 valence electrons. The largest absolute Gasteiger partial charge is 0.306 e. The number of hydrogen-bond acceptors (Lipinski definition) is 2. The third-order valence-electron chi connectivity index (χ3n) is 6.79. The Morgan fingerprint density at radius 3 is 2.04 bits per heavy atom. The fourth-order valence-electron chi connectivity index (χ4n) is 5.29. The number of anilines is 1. The molecule has 0 N–H and O–H groups in total. The van der Waals surface area contributed by atoms with E-state index >= 15 is 0 Å². The molecule has 0 bridgehead atoms. The van der Waals surface area contributed by atoms with Gasteiger partial charge in [-0.25, -0.2) is 0 Å². The smallest absolute Gasteiger partial charge is 0.229 e. The molecular formula is C22H32N2O. The number of carbonyl (C=O) groups is 1. The Bertz CT molecular complexity index is 567. The van der Waals surface area contributed by atoms with Crippen LogP contribution in [0.1, 0.15) is 70.6 Å². The summed E-state index contributed by atoms with van der Waals surface area (Å²) in [4.78, 5) is 17.2. The molecule has 1 aliphatic carbocycles. The quantitative estimate of drug-likeness (QED) is 0.725. The van der Waals surface area contributed by atoms with Gasteiger partial charge in [0.2, 0.25) is 5.91 Å². The van der Waals surface area contributed by atoms with Crippen molar-refractivity contribution in [1.29, 1.82) is 0 Å². The molecular weight excluding hydrogens is 308 g/mol. The molecule has 1 saturated carbocycles. The summed E-state index contributed by atoms with van der Waals surface area (Å²) < 4.78 is 0. The van der Waals surface area contributed by atoms with Crippen molar-refractivity contribution in [3.8, 4) is 0 Å². The Hall–Kier alpha value is -1.35. The van der Waals surface area contributed by atoms with Gasteiger partial charge in [0.25, 0.3) is 0 Å². The molecule has 3 nitrogen and oxygen atoms in total. The monoisotopic (exact) mass is 340 g/mol. The van der Waals surface area contributed by atoms with Crippen molar-refractivity contribution in [1.82, 2.24) is 4.90 Å². The molecule has 4 rings (SSSR count). The van der Waals surface area contributed by atoms with Crippen molar-refractivity contribution in [2.45, 2.75) is 82.2 Å². The van der Waals surface area contributed by atoms with Crippen molar-refractivity contribution < 1.29 is 4.79 Å². The predicted molar refractivity (Wildman–Crippen MR) is 103 cm³/mol. The zero-order chi connectivity index (χ0) is 17.1. The SMILES string of the molecule is O=C1CC2(CCN(C3CCCCCCCC3)CC2)N1c1ccccc1. The van der Waals surface area contributed by atoms with Crippen molar-refractivity contribution >= 4 is 11.6 Å². The van der Waals surface area contributed by atoms with Crippen LogP contribution in [0.2, 0.25) is 0 Å². The van der Waals surface area contributed by atoms with E-state index in [0.717, 1.165) is 31.0 Å². The van der Waals surface area contributed by atoms with Crippen LogP contribution in [-0.2, 0) is 4.79 Å². The van der Waals surface area contributed by atoms with E-state index in [1.54, 1.807) is 0 Å². The summed E-state index contributed by atoms with van der Waals surface area (Å²) >= 11 is 0. The molecule has 3 aliphatic rings. The Morgan fingerprint density at radius 2 is 1.44 bits per heavy atom. The lowest BCUT2D eigenvalue weighted by Gasteiger charge is -2.56. The molecule has 3 fully saturated rings. The van der Waals surface area contributed by atoms with Gasteiger partial charge in [0.15, 0.2) is 0 Å². The Labute approximate surface area is 152 Å². The van der Waals surface area contributed by atoms with E-state index in [0.29, 0.717) is 5.91 Å². The second kappa shape index (κ2) is 7.49. The number of nitrogens with zero attached hydrogens (tertiary/aromatic N) is 2. The number of rotatable bonds is 2. The van der Waals surface area contributed by atoms with Crippen molar-refractivity contribution in [3.63, 3.8) is 0 Å². The molecule has 3 heteroatoms. The zero-order valence-electron chi connectivity index (χ0n) is 15.5. The molecule has 0 atom stereocenters. The van der Waals surface area contributed by atoms with E-state index in [4.69, 9.17) is 0 Å². The van der Waals surface area contributed by atoms with E-state index < -0.39 is 0 Å². The lowest BCUT2D eigenvalue weighted by Crippen LogP contribution is -2.68. The van der Waals surface area contributed by atoms with Gasteiger partial charge in [0, 0.05) is 24.8 Å². The zero-order valence-corrected chi connectivity index (χ0v) is 15.5. The number of likely N-dealkylation sites (tertiary alicyclic amines) is 1. The molecule has 2 saturated heterocycles. The predicted octanol–water partition coefficient (Wildman–Crippen LogP) is 4.76. The van der Waals surface area contributed by atoms with E-state index in [-0.39, 0.29) is 5.54 Å². The normalized spacial score (nSPS) is 25.9. The number of piperidine rings is 1. The fraction of sp³-hybridized carbons (Fsp3) is 0.682. The topological polar surface area (TPSA) is 23.6 Å². The maximum Gasteiger partial charge on any atom is 0.229 e. The van der Waals surface area contributed by atoms with Gasteiger partial charge in [-0.15, -0.1) is 0 Å². The van der Waals surface area contributed by atoms with E-state index in [1.807, 2.05) is 18.2 Å². The summed E-state index contributed by atoms with van der Waals surface area (Å²) in [6, 6.07) is 11.1. The summed E-state index contributed by atoms with van der Waals surface area (Å²) in [7, 11) is 0. The molecule has 1 spiro atoms. The number of amides is 1. The highest BCUT2D eigenvalue weighted by atomic mass is 16.2. The summed E-state index contributed by atoms with van der Waals surface area (Å²) in [5, 5.41) is 0. The third-order valence-corrected chi connectivity index (χ3v) is 6.79. The van der Waals surface area contributed by atoms with Crippen LogP contribution in [0.5, 0.6) is 0 Å². The van der Waals surface area contributed by atoms with Crippen molar-refractivity contribution in [3.05, 3.63) is 30.3 Å².